The number of Topliss-reactive ketones (excluding diaryl/α,β-unsaturated/α-hetero) is 1. The second-order valence-electron chi connectivity index (χ2n) is 8.46. The predicted molar refractivity (Wildman–Crippen MR) is 111 cm³/mol. The number of fused-ring (bicyclic) bond motifs is 1. The molecule has 0 saturated heterocycles. The van der Waals surface area contributed by atoms with Gasteiger partial charge in [-0.2, -0.15) is 0 Å². The van der Waals surface area contributed by atoms with Gasteiger partial charge in [0.05, 0.1) is 6.04 Å². The van der Waals surface area contributed by atoms with Gasteiger partial charge in [0, 0.05) is 11.8 Å². The minimum atomic E-state index is -0.446. The van der Waals surface area contributed by atoms with E-state index >= 15 is 0 Å². The van der Waals surface area contributed by atoms with Crippen molar-refractivity contribution in [3.8, 4) is 0 Å². The minimum Gasteiger partial charge on any atom is -0.346 e. The number of amides is 1. The first-order chi connectivity index (χ1) is 12.9. The Labute approximate surface area is 162 Å². The van der Waals surface area contributed by atoms with Crippen LogP contribution in [-0.4, -0.2) is 17.7 Å². The van der Waals surface area contributed by atoms with E-state index in [0.717, 1.165) is 31.2 Å². The first-order valence-electron chi connectivity index (χ1n) is 10.3. The zero-order valence-corrected chi connectivity index (χ0v) is 16.7. The molecule has 0 heterocycles. The van der Waals surface area contributed by atoms with Gasteiger partial charge in [0.2, 0.25) is 5.91 Å². The van der Waals surface area contributed by atoms with Crippen molar-refractivity contribution in [1.82, 2.24) is 5.32 Å². The molecule has 1 N–H and O–H groups in total. The normalized spacial score (nSPS) is 21.2. The van der Waals surface area contributed by atoms with Crippen molar-refractivity contribution in [1.29, 1.82) is 0 Å². The maximum Gasteiger partial charge on any atom is 0.223 e. The summed E-state index contributed by atoms with van der Waals surface area (Å²) in [4.78, 5) is 25.5. The maximum atomic E-state index is 12.8. The van der Waals surface area contributed by atoms with Crippen LogP contribution in [0.2, 0.25) is 0 Å². The molecule has 2 aromatic carbocycles. The minimum absolute atomic E-state index is 0.0558. The van der Waals surface area contributed by atoms with E-state index in [2.05, 4.69) is 42.6 Å². The summed E-state index contributed by atoms with van der Waals surface area (Å²) in [6.45, 7) is 6.06. The van der Waals surface area contributed by atoms with Gasteiger partial charge in [-0.15, -0.1) is 0 Å². The zero-order valence-electron chi connectivity index (χ0n) is 16.7. The van der Waals surface area contributed by atoms with Crippen molar-refractivity contribution in [2.75, 3.05) is 0 Å². The molecule has 0 aliphatic heterocycles. The standard InChI is InChI=1S/C24H31NO2/c1-16(2)23(26)22(25-24(27)20-11-8-17(3)9-12-20)15-18-10-13-19-6-4-5-7-21(19)14-18/h4-7,10,13-14,16-17,20,22H,8-9,11-12,15H2,1-3H3,(H,25,27). The van der Waals surface area contributed by atoms with Crippen LogP contribution < -0.4 is 5.32 Å². The van der Waals surface area contributed by atoms with Crippen molar-refractivity contribution in [3.05, 3.63) is 48.0 Å². The number of carbonyl (C=O) groups excluding carboxylic acids is 2. The van der Waals surface area contributed by atoms with Crippen LogP contribution in [0, 0.1) is 17.8 Å². The molecule has 3 rings (SSSR count). The first-order valence-corrected chi connectivity index (χ1v) is 10.3. The van der Waals surface area contributed by atoms with E-state index in [0.29, 0.717) is 12.3 Å². The topological polar surface area (TPSA) is 46.2 Å². The van der Waals surface area contributed by atoms with Gasteiger partial charge in [-0.25, -0.2) is 0 Å². The van der Waals surface area contributed by atoms with Gasteiger partial charge >= 0.3 is 0 Å². The van der Waals surface area contributed by atoms with Crippen LogP contribution in [0.15, 0.2) is 42.5 Å². The van der Waals surface area contributed by atoms with E-state index in [1.165, 1.54) is 10.8 Å². The molecule has 0 bridgehead atoms. The second-order valence-corrected chi connectivity index (χ2v) is 8.46. The molecule has 27 heavy (non-hydrogen) atoms. The van der Waals surface area contributed by atoms with Gasteiger partial charge in [-0.3, -0.25) is 9.59 Å². The monoisotopic (exact) mass is 365 g/mol. The fourth-order valence-electron chi connectivity index (χ4n) is 4.04. The quantitative estimate of drug-likeness (QED) is 0.790. The van der Waals surface area contributed by atoms with E-state index in [4.69, 9.17) is 0 Å². The van der Waals surface area contributed by atoms with E-state index in [9.17, 15) is 9.59 Å². The molecular formula is C24H31NO2. The van der Waals surface area contributed by atoms with Crippen molar-refractivity contribution in [2.45, 2.75) is 58.9 Å². The molecule has 0 spiro atoms. The molecule has 1 aliphatic carbocycles. The largest absolute Gasteiger partial charge is 0.346 e. The van der Waals surface area contributed by atoms with E-state index in [1.54, 1.807) is 0 Å². The third-order valence-electron chi connectivity index (χ3n) is 5.87. The summed E-state index contributed by atoms with van der Waals surface area (Å²) in [5.74, 6) is 0.838. The van der Waals surface area contributed by atoms with Crippen molar-refractivity contribution >= 4 is 22.5 Å². The molecule has 0 radical (unpaired) electrons. The number of hydrogen-bond acceptors (Lipinski definition) is 2. The van der Waals surface area contributed by atoms with Crippen molar-refractivity contribution in [2.24, 2.45) is 17.8 Å². The van der Waals surface area contributed by atoms with Crippen LogP contribution in [0.1, 0.15) is 52.0 Å². The lowest BCUT2D eigenvalue weighted by Gasteiger charge is -2.28. The molecule has 1 saturated carbocycles. The molecular weight excluding hydrogens is 334 g/mol. The van der Waals surface area contributed by atoms with Gasteiger partial charge in [-0.1, -0.05) is 63.2 Å². The van der Waals surface area contributed by atoms with E-state index < -0.39 is 6.04 Å². The third-order valence-corrected chi connectivity index (χ3v) is 5.87. The van der Waals surface area contributed by atoms with Crippen LogP contribution >= 0.6 is 0 Å². The lowest BCUT2D eigenvalue weighted by Crippen LogP contribution is -2.47. The van der Waals surface area contributed by atoms with Gasteiger partial charge < -0.3 is 5.32 Å². The molecule has 1 amide bonds. The number of ketones is 1. The van der Waals surface area contributed by atoms with E-state index in [1.807, 2.05) is 26.0 Å². The zero-order chi connectivity index (χ0) is 19.4. The lowest BCUT2D eigenvalue weighted by atomic mass is 9.82. The highest BCUT2D eigenvalue weighted by Gasteiger charge is 2.29. The SMILES string of the molecule is CC1CCC(C(=O)NC(Cc2ccc3ccccc3c2)C(=O)C(C)C)CC1. The van der Waals surface area contributed by atoms with Crippen molar-refractivity contribution in [3.63, 3.8) is 0 Å². The Kier molecular flexibility index (Phi) is 6.30. The fourth-order valence-corrected chi connectivity index (χ4v) is 4.04. The van der Waals surface area contributed by atoms with Crippen molar-refractivity contribution < 1.29 is 9.59 Å². The van der Waals surface area contributed by atoms with Gasteiger partial charge in [-0.05, 0) is 54.4 Å². The lowest BCUT2D eigenvalue weighted by molar-refractivity contribution is -0.132. The summed E-state index contributed by atoms with van der Waals surface area (Å²) < 4.78 is 0. The average Bonchev–Trinajstić information content (AvgIpc) is 2.67. The smallest absolute Gasteiger partial charge is 0.223 e. The highest BCUT2D eigenvalue weighted by Crippen LogP contribution is 2.28. The summed E-state index contributed by atoms with van der Waals surface area (Å²) in [5, 5.41) is 5.44. The second kappa shape index (κ2) is 8.69. The van der Waals surface area contributed by atoms with Crippen LogP contribution in [-0.2, 0) is 16.0 Å². The number of carbonyl (C=O) groups is 2. The molecule has 1 unspecified atom stereocenters. The highest BCUT2D eigenvalue weighted by molar-refractivity contribution is 5.91. The summed E-state index contributed by atoms with van der Waals surface area (Å²) in [7, 11) is 0. The highest BCUT2D eigenvalue weighted by atomic mass is 16.2. The Morgan fingerprint density at radius 2 is 1.67 bits per heavy atom. The molecule has 1 fully saturated rings. The van der Waals surface area contributed by atoms with Crippen LogP contribution in [0.4, 0.5) is 0 Å². The molecule has 0 aromatic heterocycles. The summed E-state index contributed by atoms with van der Waals surface area (Å²) in [5.41, 5.74) is 1.09. The van der Waals surface area contributed by atoms with E-state index in [-0.39, 0.29) is 23.5 Å². The fraction of sp³-hybridized carbons (Fsp3) is 0.500. The number of nitrogens with one attached hydrogen (secondary N) is 1. The maximum absolute atomic E-state index is 12.8. The molecule has 3 nitrogen and oxygen atoms in total. The predicted octanol–water partition coefficient (Wildman–Crippen LogP) is 4.92. The Morgan fingerprint density at radius 3 is 2.33 bits per heavy atom. The van der Waals surface area contributed by atoms with Crippen LogP contribution in [0.5, 0.6) is 0 Å². The Hall–Kier alpha value is -2.16. The summed E-state index contributed by atoms with van der Waals surface area (Å²) in [6, 6.07) is 14.1. The molecule has 1 atom stereocenters. The first kappa shape index (κ1) is 19.6. The average molecular weight is 366 g/mol. The Balaban J connectivity index is 1.74. The van der Waals surface area contributed by atoms with Crippen LogP contribution in [0.3, 0.4) is 0 Å². The van der Waals surface area contributed by atoms with Crippen LogP contribution in [0.25, 0.3) is 10.8 Å². The third kappa shape index (κ3) is 4.97. The number of rotatable bonds is 6. The number of hydrogen-bond donors (Lipinski definition) is 1. The molecule has 2 aromatic rings. The number of benzene rings is 2. The summed E-state index contributed by atoms with van der Waals surface area (Å²) >= 11 is 0. The molecule has 3 heteroatoms. The van der Waals surface area contributed by atoms with Gasteiger partial charge in [0.15, 0.2) is 5.78 Å². The summed E-state index contributed by atoms with van der Waals surface area (Å²) in [6.07, 6.45) is 4.63. The molecule has 144 valence electrons. The Morgan fingerprint density at radius 1 is 1.00 bits per heavy atom. The van der Waals surface area contributed by atoms with Gasteiger partial charge in [0.1, 0.15) is 0 Å². The Bertz CT molecular complexity index is 803. The molecule has 1 aliphatic rings. The van der Waals surface area contributed by atoms with Gasteiger partial charge in [0.25, 0.3) is 0 Å².